The standard InChI is InChI=1S/C11H17N3O3/c1-4-7(6(2)3)14-10(15)8-9(11(16)17)13-5-12-8/h5-7H,4H2,1-3H3,(H,12,13)(H,14,15)(H,16,17). The number of carbonyl (C=O) groups is 2. The van der Waals surface area contributed by atoms with Crippen LogP contribution in [0.3, 0.4) is 0 Å². The quantitative estimate of drug-likeness (QED) is 0.721. The molecule has 1 aromatic rings. The summed E-state index contributed by atoms with van der Waals surface area (Å²) < 4.78 is 0. The van der Waals surface area contributed by atoms with Gasteiger partial charge in [0.2, 0.25) is 0 Å². The van der Waals surface area contributed by atoms with Gasteiger partial charge in [0.25, 0.3) is 5.91 Å². The van der Waals surface area contributed by atoms with Crippen LogP contribution in [0.15, 0.2) is 6.33 Å². The highest BCUT2D eigenvalue weighted by Gasteiger charge is 2.22. The molecule has 6 heteroatoms. The van der Waals surface area contributed by atoms with Crippen molar-refractivity contribution in [1.82, 2.24) is 15.3 Å². The Hall–Kier alpha value is -1.85. The van der Waals surface area contributed by atoms with Crippen molar-refractivity contribution < 1.29 is 14.7 Å². The number of aromatic amines is 1. The summed E-state index contributed by atoms with van der Waals surface area (Å²) in [6.45, 7) is 5.96. The number of imidazole rings is 1. The number of carboxylic acid groups (broad SMARTS) is 1. The van der Waals surface area contributed by atoms with Gasteiger partial charge < -0.3 is 15.4 Å². The fourth-order valence-electron chi connectivity index (χ4n) is 1.61. The van der Waals surface area contributed by atoms with Crippen molar-refractivity contribution in [1.29, 1.82) is 0 Å². The number of H-pyrrole nitrogens is 1. The van der Waals surface area contributed by atoms with E-state index in [1.165, 1.54) is 6.33 Å². The van der Waals surface area contributed by atoms with Crippen LogP contribution in [0, 0.1) is 5.92 Å². The van der Waals surface area contributed by atoms with Crippen LogP contribution in [-0.2, 0) is 0 Å². The zero-order valence-electron chi connectivity index (χ0n) is 10.2. The number of hydrogen-bond acceptors (Lipinski definition) is 3. The maximum Gasteiger partial charge on any atom is 0.354 e. The summed E-state index contributed by atoms with van der Waals surface area (Å²) in [6, 6.07) is 0.0147. The van der Waals surface area contributed by atoms with Crippen molar-refractivity contribution >= 4 is 11.9 Å². The van der Waals surface area contributed by atoms with Gasteiger partial charge in [0.05, 0.1) is 6.33 Å². The van der Waals surface area contributed by atoms with E-state index in [1.807, 2.05) is 20.8 Å². The summed E-state index contributed by atoms with van der Waals surface area (Å²) in [5.74, 6) is -1.36. The van der Waals surface area contributed by atoms with Gasteiger partial charge in [-0.05, 0) is 12.3 Å². The summed E-state index contributed by atoms with van der Waals surface area (Å²) in [5, 5.41) is 11.6. The Balaban J connectivity index is 2.83. The summed E-state index contributed by atoms with van der Waals surface area (Å²) >= 11 is 0. The molecule has 1 rings (SSSR count). The minimum Gasteiger partial charge on any atom is -0.477 e. The van der Waals surface area contributed by atoms with Crippen LogP contribution < -0.4 is 5.32 Å². The van der Waals surface area contributed by atoms with Gasteiger partial charge in [0, 0.05) is 6.04 Å². The molecule has 3 N–H and O–H groups in total. The molecule has 0 bridgehead atoms. The van der Waals surface area contributed by atoms with E-state index in [9.17, 15) is 9.59 Å². The van der Waals surface area contributed by atoms with E-state index in [0.717, 1.165) is 6.42 Å². The molecule has 6 nitrogen and oxygen atoms in total. The fraction of sp³-hybridized carbons (Fsp3) is 0.545. The van der Waals surface area contributed by atoms with E-state index in [4.69, 9.17) is 5.11 Å². The minimum atomic E-state index is -1.19. The molecule has 1 atom stereocenters. The van der Waals surface area contributed by atoms with E-state index >= 15 is 0 Å². The van der Waals surface area contributed by atoms with Crippen LogP contribution in [0.2, 0.25) is 0 Å². The maximum atomic E-state index is 11.8. The van der Waals surface area contributed by atoms with Crippen LogP contribution in [0.1, 0.15) is 48.2 Å². The van der Waals surface area contributed by atoms with Gasteiger partial charge in [-0.1, -0.05) is 20.8 Å². The van der Waals surface area contributed by atoms with Crippen molar-refractivity contribution in [2.75, 3.05) is 0 Å². The van der Waals surface area contributed by atoms with Crippen LogP contribution >= 0.6 is 0 Å². The van der Waals surface area contributed by atoms with Crippen molar-refractivity contribution in [2.45, 2.75) is 33.2 Å². The SMILES string of the molecule is CCC(NC(=O)c1nc[nH]c1C(=O)O)C(C)C. The molecule has 94 valence electrons. The van der Waals surface area contributed by atoms with Gasteiger partial charge in [-0.2, -0.15) is 0 Å². The second kappa shape index (κ2) is 5.47. The average molecular weight is 239 g/mol. The third-order valence-electron chi connectivity index (χ3n) is 2.63. The topological polar surface area (TPSA) is 95.1 Å². The first-order valence-corrected chi connectivity index (χ1v) is 5.54. The van der Waals surface area contributed by atoms with Gasteiger partial charge in [-0.25, -0.2) is 9.78 Å². The fourth-order valence-corrected chi connectivity index (χ4v) is 1.61. The van der Waals surface area contributed by atoms with Crippen LogP contribution in [0.5, 0.6) is 0 Å². The molecule has 1 aromatic heterocycles. The second-order valence-electron chi connectivity index (χ2n) is 4.16. The van der Waals surface area contributed by atoms with Crippen LogP contribution in [-0.4, -0.2) is 33.0 Å². The minimum absolute atomic E-state index is 0.0147. The van der Waals surface area contributed by atoms with Crippen molar-refractivity contribution in [3.8, 4) is 0 Å². The van der Waals surface area contributed by atoms with Gasteiger partial charge in [-0.15, -0.1) is 0 Å². The van der Waals surface area contributed by atoms with Gasteiger partial charge >= 0.3 is 5.97 Å². The highest BCUT2D eigenvalue weighted by atomic mass is 16.4. The summed E-state index contributed by atoms with van der Waals surface area (Å²) in [4.78, 5) is 28.8. The lowest BCUT2D eigenvalue weighted by atomic mass is 10.0. The Morgan fingerprint density at radius 3 is 2.65 bits per heavy atom. The zero-order chi connectivity index (χ0) is 13.0. The second-order valence-corrected chi connectivity index (χ2v) is 4.16. The van der Waals surface area contributed by atoms with Crippen molar-refractivity contribution in [3.05, 3.63) is 17.7 Å². The first-order chi connectivity index (χ1) is 7.97. The molecule has 0 aliphatic heterocycles. The lowest BCUT2D eigenvalue weighted by Gasteiger charge is -2.20. The highest BCUT2D eigenvalue weighted by molar-refractivity contribution is 6.02. The molecule has 1 unspecified atom stereocenters. The number of amides is 1. The maximum absolute atomic E-state index is 11.8. The Labute approximate surface area is 99.4 Å². The van der Waals surface area contributed by atoms with E-state index < -0.39 is 11.9 Å². The smallest absolute Gasteiger partial charge is 0.354 e. The molecular formula is C11H17N3O3. The molecule has 0 aliphatic rings. The lowest BCUT2D eigenvalue weighted by Crippen LogP contribution is -2.38. The van der Waals surface area contributed by atoms with E-state index in [1.54, 1.807) is 0 Å². The number of nitrogens with zero attached hydrogens (tertiary/aromatic N) is 1. The lowest BCUT2D eigenvalue weighted by molar-refractivity contribution is 0.0684. The van der Waals surface area contributed by atoms with E-state index in [0.29, 0.717) is 0 Å². The number of rotatable bonds is 5. The van der Waals surface area contributed by atoms with Gasteiger partial charge in [0.15, 0.2) is 11.4 Å². The molecule has 0 saturated carbocycles. The number of carboxylic acids is 1. The molecule has 0 spiro atoms. The Morgan fingerprint density at radius 1 is 1.53 bits per heavy atom. The first-order valence-electron chi connectivity index (χ1n) is 5.54. The number of aromatic carboxylic acids is 1. The molecule has 0 aromatic carbocycles. The molecule has 0 radical (unpaired) electrons. The van der Waals surface area contributed by atoms with Crippen molar-refractivity contribution in [3.63, 3.8) is 0 Å². The van der Waals surface area contributed by atoms with Gasteiger partial charge in [-0.3, -0.25) is 4.79 Å². The first kappa shape index (κ1) is 13.2. The van der Waals surface area contributed by atoms with E-state index in [-0.39, 0.29) is 23.3 Å². The molecule has 1 heterocycles. The summed E-state index contributed by atoms with van der Waals surface area (Å²) in [5.41, 5.74) is -0.252. The molecular weight excluding hydrogens is 222 g/mol. The summed E-state index contributed by atoms with van der Waals surface area (Å²) in [6.07, 6.45) is 1.99. The zero-order valence-corrected chi connectivity index (χ0v) is 10.2. The number of aromatic nitrogens is 2. The molecule has 0 saturated heterocycles. The summed E-state index contributed by atoms with van der Waals surface area (Å²) in [7, 11) is 0. The molecule has 0 fully saturated rings. The molecule has 1 amide bonds. The van der Waals surface area contributed by atoms with E-state index in [2.05, 4.69) is 15.3 Å². The highest BCUT2D eigenvalue weighted by Crippen LogP contribution is 2.08. The number of carbonyl (C=O) groups excluding carboxylic acids is 1. The monoisotopic (exact) mass is 239 g/mol. The predicted molar refractivity (Wildman–Crippen MR) is 61.9 cm³/mol. The van der Waals surface area contributed by atoms with Gasteiger partial charge in [0.1, 0.15) is 0 Å². The predicted octanol–water partition coefficient (Wildman–Crippen LogP) is 1.27. The Morgan fingerprint density at radius 2 is 2.18 bits per heavy atom. The Bertz CT molecular complexity index is 412. The third-order valence-corrected chi connectivity index (χ3v) is 2.63. The molecule has 17 heavy (non-hydrogen) atoms. The van der Waals surface area contributed by atoms with Crippen LogP contribution in [0.25, 0.3) is 0 Å². The average Bonchev–Trinajstić information content (AvgIpc) is 2.73. The van der Waals surface area contributed by atoms with Crippen molar-refractivity contribution in [2.24, 2.45) is 5.92 Å². The number of hydrogen-bond donors (Lipinski definition) is 3. The largest absolute Gasteiger partial charge is 0.477 e. The third kappa shape index (κ3) is 3.05. The Kier molecular flexibility index (Phi) is 4.25. The number of nitrogens with one attached hydrogen (secondary N) is 2. The van der Waals surface area contributed by atoms with Crippen LogP contribution in [0.4, 0.5) is 0 Å². The molecule has 0 aliphatic carbocycles. The normalized spacial score (nSPS) is 12.5.